The van der Waals surface area contributed by atoms with Gasteiger partial charge in [0.1, 0.15) is 0 Å². The number of hydrogen-bond donors (Lipinski definition) is 3. The summed E-state index contributed by atoms with van der Waals surface area (Å²) < 4.78 is 25.6. The number of para-hydroxylation sites is 1. The van der Waals surface area contributed by atoms with Gasteiger partial charge in [0, 0.05) is 13.1 Å². The van der Waals surface area contributed by atoms with Gasteiger partial charge >= 0.3 is 0 Å². The molecule has 7 heteroatoms. The number of sulfonamides is 1. The van der Waals surface area contributed by atoms with Crippen LogP contribution in [0.3, 0.4) is 0 Å². The lowest BCUT2D eigenvalue weighted by Gasteiger charge is -2.14. The van der Waals surface area contributed by atoms with Crippen molar-refractivity contribution in [3.8, 4) is 0 Å². The molecule has 0 aliphatic rings. The molecule has 0 fully saturated rings. The number of aryl methyl sites for hydroxylation is 2. The van der Waals surface area contributed by atoms with Crippen molar-refractivity contribution in [3.63, 3.8) is 0 Å². The summed E-state index contributed by atoms with van der Waals surface area (Å²) in [4.78, 5) is 4.60. The van der Waals surface area contributed by atoms with E-state index in [0.29, 0.717) is 24.7 Å². The molecule has 0 amide bonds. The quantitative estimate of drug-likeness (QED) is 0.503. The topological polar surface area (TPSA) is 82.6 Å². The minimum Gasteiger partial charge on any atom is -0.357 e. The summed E-state index contributed by atoms with van der Waals surface area (Å²) >= 11 is 0. The van der Waals surface area contributed by atoms with Gasteiger partial charge in [0.15, 0.2) is 5.96 Å². The monoisotopic (exact) mass is 388 g/mol. The lowest BCUT2D eigenvalue weighted by atomic mass is 10.1. The van der Waals surface area contributed by atoms with Crippen LogP contribution in [0.4, 0.5) is 5.69 Å². The summed E-state index contributed by atoms with van der Waals surface area (Å²) in [6.07, 6.45) is 1.14. The number of guanidine groups is 1. The summed E-state index contributed by atoms with van der Waals surface area (Å²) in [5.74, 6) is 0.687. The van der Waals surface area contributed by atoms with Crippen LogP contribution in [0.5, 0.6) is 0 Å². The van der Waals surface area contributed by atoms with E-state index in [4.69, 9.17) is 0 Å². The normalized spacial score (nSPS) is 11.9. The highest BCUT2D eigenvalue weighted by Crippen LogP contribution is 2.17. The third kappa shape index (κ3) is 6.94. The average molecular weight is 389 g/mol. The SMILES string of the molecule is CCNC(=NCc1ccccc1NS(C)(=O)=O)NCc1ccc(C)cc1C. The Morgan fingerprint density at radius 3 is 2.44 bits per heavy atom. The van der Waals surface area contributed by atoms with E-state index in [2.05, 4.69) is 52.4 Å². The molecule has 146 valence electrons. The molecule has 6 nitrogen and oxygen atoms in total. The van der Waals surface area contributed by atoms with Gasteiger partial charge in [0.25, 0.3) is 0 Å². The lowest BCUT2D eigenvalue weighted by molar-refractivity contribution is 0.606. The molecule has 2 rings (SSSR count). The molecule has 0 unspecified atom stereocenters. The fraction of sp³-hybridized carbons (Fsp3) is 0.350. The third-order valence-electron chi connectivity index (χ3n) is 4.01. The number of benzene rings is 2. The highest BCUT2D eigenvalue weighted by molar-refractivity contribution is 7.92. The minimum absolute atomic E-state index is 0.362. The second-order valence-electron chi connectivity index (χ2n) is 6.51. The first-order valence-corrected chi connectivity index (χ1v) is 10.8. The van der Waals surface area contributed by atoms with Crippen LogP contribution in [-0.2, 0) is 23.1 Å². The Morgan fingerprint density at radius 1 is 1.04 bits per heavy atom. The molecule has 0 bridgehead atoms. The van der Waals surface area contributed by atoms with Gasteiger partial charge in [-0.1, -0.05) is 42.0 Å². The first-order chi connectivity index (χ1) is 12.8. The highest BCUT2D eigenvalue weighted by atomic mass is 32.2. The molecular weight excluding hydrogens is 360 g/mol. The summed E-state index contributed by atoms with van der Waals surface area (Å²) in [6.45, 7) is 7.95. The van der Waals surface area contributed by atoms with Crippen LogP contribution >= 0.6 is 0 Å². The van der Waals surface area contributed by atoms with Crippen molar-refractivity contribution >= 4 is 21.7 Å². The van der Waals surface area contributed by atoms with Gasteiger partial charge in [0.05, 0.1) is 18.5 Å². The molecule has 0 heterocycles. The number of hydrogen-bond acceptors (Lipinski definition) is 3. The van der Waals surface area contributed by atoms with Gasteiger partial charge in [-0.3, -0.25) is 4.72 Å². The van der Waals surface area contributed by atoms with Gasteiger partial charge in [0.2, 0.25) is 10.0 Å². The molecule has 3 N–H and O–H groups in total. The Labute approximate surface area is 162 Å². The molecule has 0 aliphatic carbocycles. The Hall–Kier alpha value is -2.54. The maximum atomic E-state index is 11.5. The van der Waals surface area contributed by atoms with Crippen LogP contribution in [-0.4, -0.2) is 27.2 Å². The summed E-state index contributed by atoms with van der Waals surface area (Å²) in [6, 6.07) is 13.6. The molecule has 0 atom stereocenters. The minimum atomic E-state index is -3.33. The number of rotatable bonds is 7. The number of nitrogens with one attached hydrogen (secondary N) is 3. The second kappa shape index (κ2) is 9.41. The Kier molecular flexibility index (Phi) is 7.24. The predicted molar refractivity (Wildman–Crippen MR) is 112 cm³/mol. The van der Waals surface area contributed by atoms with Gasteiger partial charge < -0.3 is 10.6 Å². The molecule has 0 saturated carbocycles. The van der Waals surface area contributed by atoms with Crippen molar-refractivity contribution in [3.05, 3.63) is 64.7 Å². The van der Waals surface area contributed by atoms with E-state index in [9.17, 15) is 8.42 Å². The van der Waals surface area contributed by atoms with Crippen LogP contribution in [0.1, 0.15) is 29.2 Å². The molecule has 0 spiro atoms. The van der Waals surface area contributed by atoms with Gasteiger partial charge in [-0.05, 0) is 43.5 Å². The van der Waals surface area contributed by atoms with E-state index in [-0.39, 0.29) is 0 Å². The first kappa shape index (κ1) is 20.8. The van der Waals surface area contributed by atoms with Crippen LogP contribution in [0.25, 0.3) is 0 Å². The molecule has 27 heavy (non-hydrogen) atoms. The molecule has 0 radical (unpaired) electrons. The summed E-state index contributed by atoms with van der Waals surface area (Å²) in [5.41, 5.74) is 5.05. The summed E-state index contributed by atoms with van der Waals surface area (Å²) in [5, 5.41) is 6.56. The van der Waals surface area contributed by atoms with E-state index in [1.807, 2.05) is 19.1 Å². The van der Waals surface area contributed by atoms with Crippen LogP contribution in [0.2, 0.25) is 0 Å². The van der Waals surface area contributed by atoms with E-state index in [0.717, 1.165) is 18.4 Å². The Balaban J connectivity index is 2.11. The number of aliphatic imine (C=N–C) groups is 1. The zero-order chi connectivity index (χ0) is 19.9. The smallest absolute Gasteiger partial charge is 0.229 e. The standard InChI is InChI=1S/C20H28N4O2S/c1-5-21-20(22-13-17-11-10-15(2)12-16(17)3)23-14-18-8-6-7-9-19(18)24-27(4,25)26/h6-12,24H,5,13-14H2,1-4H3,(H2,21,22,23). The molecule has 0 saturated heterocycles. The van der Waals surface area contributed by atoms with Crippen LogP contribution in [0.15, 0.2) is 47.5 Å². The van der Waals surface area contributed by atoms with Crippen molar-refractivity contribution in [2.45, 2.75) is 33.9 Å². The third-order valence-corrected chi connectivity index (χ3v) is 4.60. The zero-order valence-corrected chi connectivity index (χ0v) is 17.2. The van der Waals surface area contributed by atoms with Crippen molar-refractivity contribution in [2.75, 3.05) is 17.5 Å². The second-order valence-corrected chi connectivity index (χ2v) is 8.26. The van der Waals surface area contributed by atoms with Gasteiger partial charge in [-0.25, -0.2) is 13.4 Å². The molecule has 0 aliphatic heterocycles. The fourth-order valence-electron chi connectivity index (χ4n) is 2.69. The molecular formula is C20H28N4O2S. The van der Waals surface area contributed by atoms with E-state index < -0.39 is 10.0 Å². The number of anilines is 1. The highest BCUT2D eigenvalue weighted by Gasteiger charge is 2.07. The van der Waals surface area contributed by atoms with Gasteiger partial charge in [-0.2, -0.15) is 0 Å². The van der Waals surface area contributed by atoms with Crippen molar-refractivity contribution in [1.82, 2.24) is 10.6 Å². The van der Waals surface area contributed by atoms with E-state index in [1.54, 1.807) is 12.1 Å². The largest absolute Gasteiger partial charge is 0.357 e. The number of nitrogens with zero attached hydrogens (tertiary/aromatic N) is 1. The maximum Gasteiger partial charge on any atom is 0.229 e. The first-order valence-electron chi connectivity index (χ1n) is 8.92. The van der Waals surface area contributed by atoms with E-state index in [1.165, 1.54) is 16.7 Å². The molecule has 2 aromatic rings. The average Bonchev–Trinajstić information content (AvgIpc) is 2.58. The van der Waals surface area contributed by atoms with E-state index >= 15 is 0 Å². The van der Waals surface area contributed by atoms with Crippen molar-refractivity contribution in [2.24, 2.45) is 4.99 Å². The van der Waals surface area contributed by atoms with Crippen molar-refractivity contribution < 1.29 is 8.42 Å². The lowest BCUT2D eigenvalue weighted by Crippen LogP contribution is -2.37. The van der Waals surface area contributed by atoms with Crippen LogP contribution in [0, 0.1) is 13.8 Å². The molecule has 2 aromatic carbocycles. The van der Waals surface area contributed by atoms with Crippen LogP contribution < -0.4 is 15.4 Å². The predicted octanol–water partition coefficient (Wildman–Crippen LogP) is 2.93. The Morgan fingerprint density at radius 2 is 1.78 bits per heavy atom. The Bertz CT molecular complexity index is 908. The fourth-order valence-corrected chi connectivity index (χ4v) is 3.29. The maximum absolute atomic E-state index is 11.5. The van der Waals surface area contributed by atoms with Gasteiger partial charge in [-0.15, -0.1) is 0 Å². The zero-order valence-electron chi connectivity index (χ0n) is 16.3. The molecule has 0 aromatic heterocycles. The van der Waals surface area contributed by atoms with Crippen molar-refractivity contribution in [1.29, 1.82) is 0 Å². The summed E-state index contributed by atoms with van der Waals surface area (Å²) in [7, 11) is -3.33.